The van der Waals surface area contributed by atoms with E-state index in [1.54, 1.807) is 12.3 Å². The molecule has 1 amide bonds. The van der Waals surface area contributed by atoms with Gasteiger partial charge < -0.3 is 5.32 Å². The Morgan fingerprint density at radius 2 is 2.35 bits per heavy atom. The standard InChI is InChI=1S/C13H15ClN2O/c1-3-4-5-6-7-12(17)16-11-8-10(2)9-15-13(11)14/h1,8-9H,4-7H2,2H3,(H,16,17). The predicted octanol–water partition coefficient (Wildman–Crippen LogP) is 3.18. The van der Waals surface area contributed by atoms with Crippen molar-refractivity contribution in [3.8, 4) is 12.3 Å². The lowest BCUT2D eigenvalue weighted by atomic mass is 10.2. The van der Waals surface area contributed by atoms with E-state index < -0.39 is 0 Å². The van der Waals surface area contributed by atoms with Crippen LogP contribution in [-0.2, 0) is 4.79 Å². The average molecular weight is 251 g/mol. The van der Waals surface area contributed by atoms with Crippen LogP contribution in [0.25, 0.3) is 0 Å². The van der Waals surface area contributed by atoms with Crippen LogP contribution in [0.2, 0.25) is 5.15 Å². The van der Waals surface area contributed by atoms with Crippen LogP contribution in [0.5, 0.6) is 0 Å². The van der Waals surface area contributed by atoms with Gasteiger partial charge in [-0.1, -0.05) is 11.6 Å². The Hall–Kier alpha value is -1.53. The summed E-state index contributed by atoms with van der Waals surface area (Å²) in [6.07, 6.45) is 9.59. The first-order chi connectivity index (χ1) is 8.13. The van der Waals surface area contributed by atoms with Gasteiger partial charge in [0.2, 0.25) is 5.91 Å². The highest BCUT2D eigenvalue weighted by molar-refractivity contribution is 6.32. The van der Waals surface area contributed by atoms with Gasteiger partial charge in [-0.25, -0.2) is 4.98 Å². The minimum absolute atomic E-state index is 0.0590. The molecule has 0 saturated carbocycles. The number of terminal acetylenes is 1. The van der Waals surface area contributed by atoms with Gasteiger partial charge in [0.1, 0.15) is 0 Å². The van der Waals surface area contributed by atoms with Gasteiger partial charge in [-0.05, 0) is 31.4 Å². The van der Waals surface area contributed by atoms with Gasteiger partial charge in [-0.15, -0.1) is 12.3 Å². The lowest BCUT2D eigenvalue weighted by Gasteiger charge is -2.07. The van der Waals surface area contributed by atoms with E-state index >= 15 is 0 Å². The van der Waals surface area contributed by atoms with Crippen LogP contribution in [0.1, 0.15) is 31.2 Å². The van der Waals surface area contributed by atoms with Gasteiger partial charge in [0, 0.05) is 19.0 Å². The van der Waals surface area contributed by atoms with Crippen molar-refractivity contribution in [2.24, 2.45) is 0 Å². The van der Waals surface area contributed by atoms with Gasteiger partial charge in [-0.3, -0.25) is 4.79 Å². The van der Waals surface area contributed by atoms with Gasteiger partial charge in [0.15, 0.2) is 5.15 Å². The zero-order valence-corrected chi connectivity index (χ0v) is 10.5. The zero-order valence-electron chi connectivity index (χ0n) is 9.79. The summed E-state index contributed by atoms with van der Waals surface area (Å²) in [6.45, 7) is 1.89. The number of hydrogen-bond donors (Lipinski definition) is 1. The van der Waals surface area contributed by atoms with E-state index in [4.69, 9.17) is 18.0 Å². The largest absolute Gasteiger partial charge is 0.323 e. The molecule has 0 atom stereocenters. The summed E-state index contributed by atoms with van der Waals surface area (Å²) >= 11 is 5.87. The van der Waals surface area contributed by atoms with Crippen LogP contribution < -0.4 is 5.32 Å². The first-order valence-electron chi connectivity index (χ1n) is 5.49. The van der Waals surface area contributed by atoms with Crippen LogP contribution in [0.15, 0.2) is 12.3 Å². The summed E-state index contributed by atoms with van der Waals surface area (Å²) < 4.78 is 0. The Balaban J connectivity index is 2.45. The van der Waals surface area contributed by atoms with E-state index in [-0.39, 0.29) is 5.91 Å². The molecule has 0 radical (unpaired) electrons. The molecule has 1 rings (SSSR count). The van der Waals surface area contributed by atoms with Crippen molar-refractivity contribution in [1.82, 2.24) is 4.98 Å². The van der Waals surface area contributed by atoms with Crippen LogP contribution in [0.4, 0.5) is 5.69 Å². The van der Waals surface area contributed by atoms with E-state index in [1.165, 1.54) is 0 Å². The second-order valence-electron chi connectivity index (χ2n) is 3.81. The Morgan fingerprint density at radius 3 is 3.06 bits per heavy atom. The van der Waals surface area contributed by atoms with E-state index in [1.807, 2.05) is 6.92 Å². The molecule has 0 aliphatic carbocycles. The first-order valence-corrected chi connectivity index (χ1v) is 5.86. The summed E-state index contributed by atoms with van der Waals surface area (Å²) in [4.78, 5) is 15.6. The van der Waals surface area contributed by atoms with Gasteiger partial charge in [0.25, 0.3) is 0 Å². The molecule has 4 heteroatoms. The second-order valence-corrected chi connectivity index (χ2v) is 4.17. The summed E-state index contributed by atoms with van der Waals surface area (Å²) in [6, 6.07) is 1.80. The molecule has 17 heavy (non-hydrogen) atoms. The molecule has 1 aromatic heterocycles. The van der Waals surface area contributed by atoms with Gasteiger partial charge in [-0.2, -0.15) is 0 Å². The SMILES string of the molecule is C#CCCCCC(=O)Nc1cc(C)cnc1Cl. The lowest BCUT2D eigenvalue weighted by molar-refractivity contribution is -0.116. The Kier molecular flexibility index (Phi) is 5.51. The van der Waals surface area contributed by atoms with Gasteiger partial charge >= 0.3 is 0 Å². The van der Waals surface area contributed by atoms with Crippen LogP contribution in [0.3, 0.4) is 0 Å². The lowest BCUT2D eigenvalue weighted by Crippen LogP contribution is -2.11. The maximum Gasteiger partial charge on any atom is 0.224 e. The summed E-state index contributed by atoms with van der Waals surface area (Å²) in [7, 11) is 0. The number of amides is 1. The van der Waals surface area contributed by atoms with Crippen molar-refractivity contribution in [2.75, 3.05) is 5.32 Å². The number of anilines is 1. The molecule has 0 unspecified atom stereocenters. The molecule has 0 aliphatic heterocycles. The molecule has 0 bridgehead atoms. The number of rotatable bonds is 5. The second kappa shape index (κ2) is 6.93. The van der Waals surface area contributed by atoms with Gasteiger partial charge in [0.05, 0.1) is 5.69 Å². The number of carbonyl (C=O) groups excluding carboxylic acids is 1. The minimum atomic E-state index is -0.0590. The topological polar surface area (TPSA) is 42.0 Å². The summed E-state index contributed by atoms with van der Waals surface area (Å²) in [5.41, 5.74) is 1.52. The smallest absolute Gasteiger partial charge is 0.224 e. The van der Waals surface area contributed by atoms with Crippen LogP contribution in [-0.4, -0.2) is 10.9 Å². The van der Waals surface area contributed by atoms with E-state index in [9.17, 15) is 4.79 Å². The number of nitrogens with one attached hydrogen (secondary N) is 1. The summed E-state index contributed by atoms with van der Waals surface area (Å²) in [5, 5.41) is 3.06. The summed E-state index contributed by atoms with van der Waals surface area (Å²) in [5.74, 6) is 2.49. The number of aryl methyl sites for hydroxylation is 1. The number of pyridine rings is 1. The van der Waals surface area contributed by atoms with Crippen molar-refractivity contribution in [1.29, 1.82) is 0 Å². The van der Waals surface area contributed by atoms with E-state index in [0.717, 1.165) is 18.4 Å². The molecule has 1 aromatic rings. The molecule has 0 aromatic carbocycles. The Morgan fingerprint density at radius 1 is 1.59 bits per heavy atom. The maximum absolute atomic E-state index is 11.6. The predicted molar refractivity (Wildman–Crippen MR) is 69.9 cm³/mol. The van der Waals surface area contributed by atoms with E-state index in [2.05, 4.69) is 16.2 Å². The van der Waals surface area contributed by atoms with Crippen LogP contribution in [0, 0.1) is 19.3 Å². The normalized spacial score (nSPS) is 9.71. The minimum Gasteiger partial charge on any atom is -0.323 e. The number of halogens is 1. The highest BCUT2D eigenvalue weighted by atomic mass is 35.5. The first kappa shape index (κ1) is 13.5. The average Bonchev–Trinajstić information content (AvgIpc) is 2.29. The molecule has 1 heterocycles. The molecule has 3 nitrogen and oxygen atoms in total. The molecule has 1 N–H and O–H groups in total. The molecular weight excluding hydrogens is 236 g/mol. The third-order valence-corrected chi connectivity index (χ3v) is 2.53. The zero-order chi connectivity index (χ0) is 12.7. The third kappa shape index (κ3) is 4.88. The quantitative estimate of drug-likeness (QED) is 0.495. The molecule has 0 fully saturated rings. The van der Waals surface area contributed by atoms with Crippen molar-refractivity contribution in [3.05, 3.63) is 23.0 Å². The number of unbranched alkanes of at least 4 members (excludes halogenated alkanes) is 2. The number of hydrogen-bond acceptors (Lipinski definition) is 2. The molecule has 0 saturated heterocycles. The number of nitrogens with zero attached hydrogens (tertiary/aromatic N) is 1. The molecule has 0 aliphatic rings. The Bertz CT molecular complexity index is 438. The fourth-order valence-electron chi connectivity index (χ4n) is 1.37. The number of aromatic nitrogens is 1. The molecule has 90 valence electrons. The number of carbonyl (C=O) groups is 1. The van der Waals surface area contributed by atoms with Crippen molar-refractivity contribution in [2.45, 2.75) is 32.6 Å². The fourth-order valence-corrected chi connectivity index (χ4v) is 1.52. The fraction of sp³-hybridized carbons (Fsp3) is 0.385. The Labute approximate surface area is 107 Å². The van der Waals surface area contributed by atoms with E-state index in [0.29, 0.717) is 23.7 Å². The van der Waals surface area contributed by atoms with Crippen molar-refractivity contribution < 1.29 is 4.79 Å². The maximum atomic E-state index is 11.6. The monoisotopic (exact) mass is 250 g/mol. The van der Waals surface area contributed by atoms with Crippen molar-refractivity contribution >= 4 is 23.2 Å². The third-order valence-electron chi connectivity index (χ3n) is 2.22. The highest BCUT2D eigenvalue weighted by Gasteiger charge is 2.06. The molecular formula is C13H15ClN2O. The van der Waals surface area contributed by atoms with Crippen LogP contribution >= 0.6 is 11.6 Å². The highest BCUT2D eigenvalue weighted by Crippen LogP contribution is 2.20. The van der Waals surface area contributed by atoms with Crippen molar-refractivity contribution in [3.63, 3.8) is 0 Å². The molecule has 0 spiro atoms.